The number of aromatic nitrogens is 8. The van der Waals surface area contributed by atoms with Crippen molar-refractivity contribution in [3.05, 3.63) is 29.3 Å². The van der Waals surface area contributed by atoms with Gasteiger partial charge in [-0.3, -0.25) is 32.5 Å². The number of H-pyrrole nitrogens is 1. The van der Waals surface area contributed by atoms with Crippen molar-refractivity contribution in [2.45, 2.75) is 43.0 Å². The fraction of sp³-hybridized carbons (Fsp3) is 0.524. The van der Waals surface area contributed by atoms with E-state index in [2.05, 4.69) is 29.9 Å². The maximum atomic E-state index is 16.1. The topological polar surface area (TPSA) is 301 Å². The summed E-state index contributed by atoms with van der Waals surface area (Å²) in [7, 11) is -3.45. The first-order valence-electron chi connectivity index (χ1n) is 13.7. The van der Waals surface area contributed by atoms with Gasteiger partial charge in [-0.25, -0.2) is 28.9 Å². The molecule has 0 amide bonds. The monoisotopic (exact) mass is 699 g/mol. The quantitative estimate of drug-likeness (QED) is 0.0849. The third kappa shape index (κ3) is 5.64. The lowest BCUT2D eigenvalue weighted by Gasteiger charge is -2.28. The van der Waals surface area contributed by atoms with Gasteiger partial charge in [0, 0.05) is 5.92 Å². The summed E-state index contributed by atoms with van der Waals surface area (Å²) in [6.07, 6.45) is -7.48. The lowest BCUT2D eigenvalue weighted by Crippen LogP contribution is -2.35. The van der Waals surface area contributed by atoms with Gasteiger partial charge in [-0.2, -0.15) is 4.98 Å². The highest BCUT2D eigenvalue weighted by Crippen LogP contribution is 2.54. The molecule has 7 heterocycles. The molecule has 0 saturated carbocycles. The number of nitrogens with zero attached hydrogens (tertiary/aromatic N) is 7. The number of hydrogen-bond donors (Lipinski definition) is 6. The van der Waals surface area contributed by atoms with Crippen LogP contribution in [0.2, 0.25) is 0 Å². The maximum Gasteiger partial charge on any atom is 0.428 e. The highest BCUT2D eigenvalue weighted by molar-refractivity contribution is 7.79. The lowest BCUT2D eigenvalue weighted by atomic mass is 9.99. The fourth-order valence-electron chi connectivity index (χ4n) is 5.67. The number of nitrogens with one attached hydrogen (secondary N) is 2. The van der Waals surface area contributed by atoms with E-state index in [1.165, 1.54) is 20.7 Å². The molecule has 3 unspecified atom stereocenters. The van der Waals surface area contributed by atoms with Crippen molar-refractivity contribution in [2.24, 2.45) is 5.92 Å². The van der Waals surface area contributed by atoms with Crippen LogP contribution in [0.5, 0.6) is 0 Å². The molecule has 0 spiro atoms. The highest BCUT2D eigenvalue weighted by Gasteiger charge is 2.54. The van der Waals surface area contributed by atoms with Gasteiger partial charge in [-0.15, -0.1) is 5.25 Å². The largest absolute Gasteiger partial charge is 0.428 e. The maximum absolute atomic E-state index is 16.1. The summed E-state index contributed by atoms with van der Waals surface area (Å²) < 4.78 is 79.6. The Morgan fingerprint density at radius 2 is 1.70 bits per heavy atom. The van der Waals surface area contributed by atoms with Gasteiger partial charge >= 0.3 is 7.75 Å². The molecule has 4 aromatic rings. The Labute approximate surface area is 262 Å². The van der Waals surface area contributed by atoms with Crippen molar-refractivity contribution < 1.29 is 51.4 Å². The number of nitrogens with two attached hydrogens (primary N) is 2. The van der Waals surface area contributed by atoms with Crippen molar-refractivity contribution in [2.75, 3.05) is 31.3 Å². The predicted molar refractivity (Wildman–Crippen MR) is 153 cm³/mol. The van der Waals surface area contributed by atoms with Gasteiger partial charge in [0.15, 0.2) is 41.3 Å². The van der Waals surface area contributed by atoms with Crippen LogP contribution in [0.3, 0.4) is 0 Å². The SMILES string of the molecule is [B][P@@]1(=O)OC[C@H]2O[C@@H](n3cnc4c(N)ncnc43)[C@@H](F)C2OP(=O)(NO)OC[C@H]2O[C@@H](n3cnc4c(=O)[nH]c(N)nc43)[C@@H](O1)C2CO. The second-order valence-electron chi connectivity index (χ2n) is 10.6. The summed E-state index contributed by atoms with van der Waals surface area (Å²) in [5.74, 6) is -1.35. The minimum atomic E-state index is -4.80. The average molecular weight is 699 g/mol. The van der Waals surface area contributed by atoms with Crippen LogP contribution in [0.25, 0.3) is 22.3 Å². The number of alkyl halides is 1. The molecule has 3 aliphatic heterocycles. The number of nitrogen functional groups attached to an aromatic ring is 2. The van der Waals surface area contributed by atoms with Crippen LogP contribution in [0.1, 0.15) is 12.5 Å². The van der Waals surface area contributed by atoms with E-state index >= 15 is 4.39 Å². The van der Waals surface area contributed by atoms with Crippen LogP contribution >= 0.6 is 15.2 Å². The standard InChI is InChI=1S/C21H25BFN11O11P2/c22-46(38)40-3-9-14(10(23)19(43-9)33-5-28-11-15(24)26-4-27-16(11)33)45-47(39,32-37)41-2-8-7(1-35)13(44-46)20(42-8)34-6-29-12-17(34)30-21(25)31-18(12)36/h4-10,13-14,19-20,35,37H,1-3H2,(H,32,39)(H2,24,26,27)(H3,25,30,31,36)/t7?,8-,9-,10+,13+,14?,19-,20-,46-,47?/m1/s1. The molecule has 22 nitrogen and oxygen atoms in total. The van der Waals surface area contributed by atoms with Gasteiger partial charge in [-0.05, 0) is 0 Å². The first-order valence-corrected chi connectivity index (χ1v) is 16.8. The Bertz CT molecular complexity index is 1980. The Hall–Kier alpha value is -3.41. The summed E-state index contributed by atoms with van der Waals surface area (Å²) in [5, 5.41) is 21.6. The summed E-state index contributed by atoms with van der Waals surface area (Å²) in [6, 6.07) is 0. The summed E-state index contributed by atoms with van der Waals surface area (Å²) in [4.78, 5) is 34.8. The van der Waals surface area contributed by atoms with E-state index in [1.807, 2.05) is 0 Å². The molecule has 0 aliphatic carbocycles. The number of imidazole rings is 2. The molecule has 7 rings (SSSR count). The smallest absolute Gasteiger partial charge is 0.396 e. The number of rotatable bonds is 4. The number of anilines is 2. The Morgan fingerprint density at radius 3 is 2.45 bits per heavy atom. The number of aliphatic hydroxyl groups excluding tert-OH is 1. The van der Waals surface area contributed by atoms with Crippen LogP contribution in [-0.4, -0.2) is 107 Å². The molecule has 250 valence electrons. The summed E-state index contributed by atoms with van der Waals surface area (Å²) >= 11 is 0. The van der Waals surface area contributed by atoms with Crippen LogP contribution in [-0.2, 0) is 36.7 Å². The van der Waals surface area contributed by atoms with Crippen LogP contribution < -0.4 is 22.3 Å². The van der Waals surface area contributed by atoms with E-state index in [0.717, 1.165) is 12.7 Å². The van der Waals surface area contributed by atoms with Gasteiger partial charge in [0.25, 0.3) is 13.0 Å². The molecule has 4 aromatic heterocycles. The predicted octanol–water partition coefficient (Wildman–Crippen LogP) is -0.954. The number of fused-ring (bicyclic) bond motifs is 5. The van der Waals surface area contributed by atoms with Crippen LogP contribution in [0, 0.1) is 5.92 Å². The molecular formula is C21H25BFN11O11P2. The van der Waals surface area contributed by atoms with E-state index in [0.29, 0.717) is 0 Å². The van der Waals surface area contributed by atoms with Gasteiger partial charge in [0.05, 0.1) is 38.6 Å². The molecule has 2 bridgehead atoms. The Kier molecular flexibility index (Phi) is 8.16. The second kappa shape index (κ2) is 11.9. The summed E-state index contributed by atoms with van der Waals surface area (Å²) in [5.41, 5.74) is 10.9. The second-order valence-corrected chi connectivity index (χ2v) is 13.9. The molecule has 3 saturated heterocycles. The number of halogens is 1. The van der Waals surface area contributed by atoms with Crippen molar-refractivity contribution in [1.29, 1.82) is 0 Å². The third-order valence-corrected chi connectivity index (χ3v) is 10.1. The molecule has 47 heavy (non-hydrogen) atoms. The molecule has 3 aliphatic rings. The van der Waals surface area contributed by atoms with Gasteiger partial charge in [0.1, 0.15) is 30.2 Å². The molecule has 26 heteroatoms. The van der Waals surface area contributed by atoms with Gasteiger partial charge in [-0.1, -0.05) is 0 Å². The van der Waals surface area contributed by atoms with Crippen molar-refractivity contribution in [3.8, 4) is 0 Å². The third-order valence-electron chi connectivity index (χ3n) is 7.84. The normalized spacial score (nSPS) is 36.6. The lowest BCUT2D eigenvalue weighted by molar-refractivity contribution is -0.0600. The van der Waals surface area contributed by atoms with Gasteiger partial charge in [0.2, 0.25) is 13.5 Å². The van der Waals surface area contributed by atoms with E-state index in [4.69, 9.17) is 46.6 Å². The van der Waals surface area contributed by atoms with E-state index < -0.39 is 89.6 Å². The van der Waals surface area contributed by atoms with Crippen molar-refractivity contribution in [3.63, 3.8) is 0 Å². The molecule has 2 radical (unpaired) electrons. The average Bonchev–Trinajstić information content (AvgIpc) is 3.79. The van der Waals surface area contributed by atoms with Crippen LogP contribution in [0.4, 0.5) is 16.2 Å². The fourth-order valence-corrected chi connectivity index (χ4v) is 7.77. The number of aromatic amines is 1. The van der Waals surface area contributed by atoms with E-state index in [1.54, 1.807) is 0 Å². The number of ether oxygens (including phenoxy) is 2. The van der Waals surface area contributed by atoms with E-state index in [-0.39, 0.29) is 34.1 Å². The van der Waals surface area contributed by atoms with Crippen molar-refractivity contribution >= 4 is 56.9 Å². The zero-order valence-corrected chi connectivity index (χ0v) is 25.5. The van der Waals surface area contributed by atoms with Gasteiger partial charge < -0.3 is 40.3 Å². The van der Waals surface area contributed by atoms with Crippen LogP contribution in [0.15, 0.2) is 23.8 Å². The molecule has 0 aromatic carbocycles. The first kappa shape index (κ1) is 32.2. The minimum Gasteiger partial charge on any atom is -0.396 e. The Morgan fingerprint density at radius 1 is 1.00 bits per heavy atom. The number of aliphatic hydroxyl groups is 1. The first-order chi connectivity index (χ1) is 22.4. The molecular weight excluding hydrogens is 674 g/mol. The van der Waals surface area contributed by atoms with Crippen molar-refractivity contribution in [1.82, 2.24) is 44.3 Å². The zero-order valence-electron chi connectivity index (χ0n) is 23.7. The van der Waals surface area contributed by atoms with E-state index in [9.17, 15) is 24.2 Å². The minimum absolute atomic E-state index is 0.0129. The zero-order chi connectivity index (χ0) is 33.2. The number of hydrogen-bond acceptors (Lipinski definition) is 18. The highest BCUT2D eigenvalue weighted by atomic mass is 31.2. The molecule has 10 atom stereocenters. The molecule has 3 fully saturated rings. The summed E-state index contributed by atoms with van der Waals surface area (Å²) in [6.45, 7) is -2.13. The Balaban J connectivity index is 1.24. The molecule has 8 N–H and O–H groups in total.